The molecule has 0 aliphatic carbocycles. The molecule has 3 amide bonds. The zero-order valence-corrected chi connectivity index (χ0v) is 25.6. The van der Waals surface area contributed by atoms with Crippen molar-refractivity contribution in [2.24, 2.45) is 0 Å². The number of aryl methyl sites for hydroxylation is 1. The Hall–Kier alpha value is -4.04. The van der Waals surface area contributed by atoms with E-state index >= 15 is 0 Å². The topological polar surface area (TPSA) is 108 Å². The standard InChI is InChI=1S/C33H40ClN3O5/c1-6-7-20-37(31(40)27(21-23-13-9-8-10-14-23)35-32(41)42-33(3,4)5)29(24-16-18-25(38)19-17-24)30(39)36-28-22(2)12-11-15-26(28)34/h8-19,27,29,38H,6-7,20-21H2,1-5H3,(H,35,41)(H,36,39). The van der Waals surface area contributed by atoms with E-state index in [2.05, 4.69) is 10.6 Å². The van der Waals surface area contributed by atoms with Crippen molar-refractivity contribution >= 4 is 35.2 Å². The van der Waals surface area contributed by atoms with Crippen LogP contribution in [0.25, 0.3) is 0 Å². The van der Waals surface area contributed by atoms with Gasteiger partial charge in [-0.05, 0) is 69.0 Å². The number of aromatic hydroxyl groups is 1. The normalized spacial score (nSPS) is 12.6. The van der Waals surface area contributed by atoms with Gasteiger partial charge >= 0.3 is 6.09 Å². The van der Waals surface area contributed by atoms with Gasteiger partial charge in [0.1, 0.15) is 23.4 Å². The first kappa shape index (κ1) is 32.5. The monoisotopic (exact) mass is 593 g/mol. The van der Waals surface area contributed by atoms with Crippen LogP contribution in [0.2, 0.25) is 5.02 Å². The van der Waals surface area contributed by atoms with Crippen molar-refractivity contribution in [3.63, 3.8) is 0 Å². The molecule has 0 aromatic heterocycles. The SMILES string of the molecule is CCCCN(C(=O)C(Cc1ccccc1)NC(=O)OC(C)(C)C)C(C(=O)Nc1c(C)cccc1Cl)c1ccc(O)cc1. The van der Waals surface area contributed by atoms with Crippen LogP contribution in [-0.2, 0) is 20.7 Å². The van der Waals surface area contributed by atoms with Crippen LogP contribution in [0.5, 0.6) is 5.75 Å². The lowest BCUT2D eigenvalue weighted by Crippen LogP contribution is -2.53. The smallest absolute Gasteiger partial charge is 0.408 e. The molecule has 0 bridgehead atoms. The van der Waals surface area contributed by atoms with Gasteiger partial charge in [-0.1, -0.05) is 79.5 Å². The van der Waals surface area contributed by atoms with Crippen molar-refractivity contribution in [3.05, 3.63) is 94.5 Å². The lowest BCUT2D eigenvalue weighted by molar-refractivity contribution is -0.140. The minimum absolute atomic E-state index is 0.0276. The highest BCUT2D eigenvalue weighted by Crippen LogP contribution is 2.30. The maximum Gasteiger partial charge on any atom is 0.408 e. The Bertz CT molecular complexity index is 1340. The third kappa shape index (κ3) is 9.24. The molecule has 2 unspecified atom stereocenters. The molecule has 3 N–H and O–H groups in total. The summed E-state index contributed by atoms with van der Waals surface area (Å²) in [6.07, 6.45) is 0.836. The van der Waals surface area contributed by atoms with E-state index in [0.29, 0.717) is 22.7 Å². The molecule has 42 heavy (non-hydrogen) atoms. The Labute approximate surface area is 253 Å². The number of halogens is 1. The van der Waals surface area contributed by atoms with Gasteiger partial charge in [-0.25, -0.2) is 4.79 Å². The number of hydrogen-bond donors (Lipinski definition) is 3. The summed E-state index contributed by atoms with van der Waals surface area (Å²) in [7, 11) is 0. The summed E-state index contributed by atoms with van der Waals surface area (Å²) in [5, 5.41) is 16.0. The number of unbranched alkanes of at least 4 members (excludes halogenated alkanes) is 1. The van der Waals surface area contributed by atoms with E-state index in [1.54, 1.807) is 45.0 Å². The van der Waals surface area contributed by atoms with Gasteiger partial charge in [0.15, 0.2) is 0 Å². The zero-order valence-electron chi connectivity index (χ0n) is 24.8. The number of carbonyl (C=O) groups excluding carboxylic acids is 3. The predicted octanol–water partition coefficient (Wildman–Crippen LogP) is 6.80. The van der Waals surface area contributed by atoms with Crippen molar-refractivity contribution in [3.8, 4) is 5.75 Å². The van der Waals surface area contributed by atoms with E-state index in [1.807, 2.05) is 50.2 Å². The molecular formula is C33H40ClN3O5. The highest BCUT2D eigenvalue weighted by molar-refractivity contribution is 6.34. The van der Waals surface area contributed by atoms with E-state index in [0.717, 1.165) is 17.5 Å². The molecule has 2 atom stereocenters. The minimum Gasteiger partial charge on any atom is -0.508 e. The average molecular weight is 594 g/mol. The highest BCUT2D eigenvalue weighted by Gasteiger charge is 2.36. The van der Waals surface area contributed by atoms with Gasteiger partial charge in [0.05, 0.1) is 10.7 Å². The molecule has 0 aliphatic rings. The first-order valence-corrected chi connectivity index (χ1v) is 14.5. The molecule has 8 nitrogen and oxygen atoms in total. The molecule has 224 valence electrons. The van der Waals surface area contributed by atoms with Gasteiger partial charge in [0.25, 0.3) is 5.91 Å². The number of alkyl carbamates (subject to hydrolysis) is 1. The molecule has 0 aliphatic heterocycles. The number of anilines is 1. The quantitative estimate of drug-likeness (QED) is 0.227. The number of amides is 3. The first-order valence-electron chi connectivity index (χ1n) is 14.1. The maximum absolute atomic E-state index is 14.4. The highest BCUT2D eigenvalue weighted by atomic mass is 35.5. The van der Waals surface area contributed by atoms with E-state index in [9.17, 15) is 19.5 Å². The van der Waals surface area contributed by atoms with Gasteiger partial charge in [0, 0.05) is 13.0 Å². The molecule has 9 heteroatoms. The predicted molar refractivity (Wildman–Crippen MR) is 166 cm³/mol. The summed E-state index contributed by atoms with van der Waals surface area (Å²) in [6.45, 7) is 9.31. The zero-order chi connectivity index (χ0) is 30.9. The van der Waals surface area contributed by atoms with Crippen LogP contribution in [0.15, 0.2) is 72.8 Å². The number of rotatable bonds is 11. The number of phenolic OH excluding ortho intramolecular Hbond substituents is 1. The van der Waals surface area contributed by atoms with Crippen molar-refractivity contribution < 1.29 is 24.2 Å². The van der Waals surface area contributed by atoms with Gasteiger partial charge in [-0.2, -0.15) is 0 Å². The number of ether oxygens (including phenoxy) is 1. The molecule has 3 aromatic rings. The fourth-order valence-corrected chi connectivity index (χ4v) is 4.78. The van der Waals surface area contributed by atoms with E-state index in [4.69, 9.17) is 16.3 Å². The van der Waals surface area contributed by atoms with Gasteiger partial charge < -0.3 is 25.4 Å². The molecular weight excluding hydrogens is 554 g/mol. The fraction of sp³-hybridized carbons (Fsp3) is 0.364. The first-order chi connectivity index (χ1) is 19.9. The van der Waals surface area contributed by atoms with Crippen molar-refractivity contribution in [1.82, 2.24) is 10.2 Å². The molecule has 0 radical (unpaired) electrons. The number of hydrogen-bond acceptors (Lipinski definition) is 5. The molecule has 0 fully saturated rings. The third-order valence-corrected chi connectivity index (χ3v) is 6.86. The van der Waals surface area contributed by atoms with E-state index < -0.39 is 35.6 Å². The molecule has 0 heterocycles. The van der Waals surface area contributed by atoms with Crippen molar-refractivity contribution in [2.75, 3.05) is 11.9 Å². The second kappa shape index (κ2) is 14.7. The number of phenols is 1. The fourth-order valence-electron chi connectivity index (χ4n) is 4.51. The number of nitrogens with zero attached hydrogens (tertiary/aromatic N) is 1. The molecule has 3 rings (SSSR count). The van der Waals surface area contributed by atoms with Crippen LogP contribution in [0.3, 0.4) is 0 Å². The van der Waals surface area contributed by atoms with Crippen LogP contribution in [0, 0.1) is 6.92 Å². The Morgan fingerprint density at radius 3 is 2.24 bits per heavy atom. The number of nitrogens with one attached hydrogen (secondary N) is 2. The summed E-state index contributed by atoms with van der Waals surface area (Å²) in [5.41, 5.74) is 1.77. The summed E-state index contributed by atoms with van der Waals surface area (Å²) in [6, 6.07) is 18.7. The van der Waals surface area contributed by atoms with Crippen molar-refractivity contribution in [2.45, 2.75) is 71.6 Å². The molecule has 0 saturated carbocycles. The summed E-state index contributed by atoms with van der Waals surface area (Å²) >= 11 is 6.43. The molecule has 3 aromatic carbocycles. The van der Waals surface area contributed by atoms with E-state index in [-0.39, 0.29) is 18.7 Å². The van der Waals surface area contributed by atoms with Gasteiger partial charge in [-0.3, -0.25) is 9.59 Å². The maximum atomic E-state index is 14.4. The largest absolute Gasteiger partial charge is 0.508 e. The minimum atomic E-state index is -1.08. The number of carbonyl (C=O) groups is 3. The summed E-state index contributed by atoms with van der Waals surface area (Å²) in [4.78, 5) is 42.9. The number of benzene rings is 3. The Morgan fingerprint density at radius 2 is 1.64 bits per heavy atom. The van der Waals surface area contributed by atoms with Gasteiger partial charge in [-0.15, -0.1) is 0 Å². The lowest BCUT2D eigenvalue weighted by atomic mass is 9.99. The van der Waals surface area contributed by atoms with Crippen LogP contribution in [0.1, 0.15) is 63.3 Å². The Kier molecular flexibility index (Phi) is 11.4. The van der Waals surface area contributed by atoms with Crippen molar-refractivity contribution in [1.29, 1.82) is 0 Å². The average Bonchev–Trinajstić information content (AvgIpc) is 2.92. The van der Waals surface area contributed by atoms with E-state index in [1.165, 1.54) is 17.0 Å². The summed E-state index contributed by atoms with van der Waals surface area (Å²) in [5.74, 6) is -0.890. The Morgan fingerprint density at radius 1 is 0.976 bits per heavy atom. The Balaban J connectivity index is 2.07. The molecule has 0 saturated heterocycles. The third-order valence-electron chi connectivity index (χ3n) is 6.55. The summed E-state index contributed by atoms with van der Waals surface area (Å²) < 4.78 is 5.49. The second-order valence-electron chi connectivity index (χ2n) is 11.2. The van der Waals surface area contributed by atoms with Crippen LogP contribution in [0.4, 0.5) is 10.5 Å². The van der Waals surface area contributed by atoms with Crippen LogP contribution < -0.4 is 10.6 Å². The second-order valence-corrected chi connectivity index (χ2v) is 11.6. The number of para-hydroxylation sites is 1. The van der Waals surface area contributed by atoms with Crippen LogP contribution >= 0.6 is 11.6 Å². The van der Waals surface area contributed by atoms with Gasteiger partial charge in [0.2, 0.25) is 5.91 Å². The van der Waals surface area contributed by atoms with Crippen LogP contribution in [-0.4, -0.2) is 46.1 Å². The lowest BCUT2D eigenvalue weighted by Gasteiger charge is -2.35. The molecule has 0 spiro atoms.